The summed E-state index contributed by atoms with van der Waals surface area (Å²) in [5.41, 5.74) is 7.64. The number of anilines is 1. The predicted octanol–water partition coefficient (Wildman–Crippen LogP) is 1.73. The lowest BCUT2D eigenvalue weighted by Crippen LogP contribution is -2.26. The Morgan fingerprint density at radius 2 is 2.17 bits per heavy atom. The summed E-state index contributed by atoms with van der Waals surface area (Å²) in [4.78, 5) is 16.6. The predicted molar refractivity (Wildman–Crippen MR) is 65.6 cm³/mol. The van der Waals surface area contributed by atoms with Crippen LogP contribution in [0.3, 0.4) is 0 Å². The molecule has 0 atom stereocenters. The molecular formula is C12H17FN2O3. The summed E-state index contributed by atoms with van der Waals surface area (Å²) in [7, 11) is 1.39. The monoisotopic (exact) mass is 256 g/mol. The largest absolute Gasteiger partial charge is 0.495 e. The molecule has 0 saturated carbocycles. The number of carbonyl (C=O) groups is 1. The zero-order valence-electron chi connectivity index (χ0n) is 10.6. The molecule has 1 aromatic carbocycles. The SMILES string of the molecule is COc1cc(C(=O)NOCC(C)C)c(F)cc1N. The van der Waals surface area contributed by atoms with E-state index in [0.717, 1.165) is 6.07 Å². The van der Waals surface area contributed by atoms with E-state index in [0.29, 0.717) is 6.61 Å². The molecule has 0 radical (unpaired) electrons. The smallest absolute Gasteiger partial charge is 0.277 e. The van der Waals surface area contributed by atoms with Crippen molar-refractivity contribution in [1.82, 2.24) is 5.48 Å². The Labute approximate surface area is 105 Å². The van der Waals surface area contributed by atoms with Crippen molar-refractivity contribution < 1.29 is 18.8 Å². The number of methoxy groups -OCH3 is 1. The van der Waals surface area contributed by atoms with Crippen molar-refractivity contribution >= 4 is 11.6 Å². The van der Waals surface area contributed by atoms with Gasteiger partial charge in [0.05, 0.1) is 25.0 Å². The van der Waals surface area contributed by atoms with Crippen LogP contribution in [-0.4, -0.2) is 19.6 Å². The molecule has 0 spiro atoms. The minimum absolute atomic E-state index is 0.134. The first-order valence-corrected chi connectivity index (χ1v) is 5.50. The summed E-state index contributed by atoms with van der Waals surface area (Å²) in [6.45, 7) is 4.21. The van der Waals surface area contributed by atoms with E-state index in [1.54, 1.807) is 0 Å². The molecule has 100 valence electrons. The van der Waals surface area contributed by atoms with Crippen LogP contribution in [0.4, 0.5) is 10.1 Å². The molecule has 0 heterocycles. The number of nitrogens with two attached hydrogens (primary N) is 1. The van der Waals surface area contributed by atoms with E-state index in [4.69, 9.17) is 15.3 Å². The molecule has 0 saturated heterocycles. The molecule has 5 nitrogen and oxygen atoms in total. The zero-order valence-corrected chi connectivity index (χ0v) is 10.6. The summed E-state index contributed by atoms with van der Waals surface area (Å²) in [6.07, 6.45) is 0. The van der Waals surface area contributed by atoms with Crippen LogP contribution in [0.25, 0.3) is 0 Å². The number of benzene rings is 1. The van der Waals surface area contributed by atoms with E-state index in [2.05, 4.69) is 5.48 Å². The van der Waals surface area contributed by atoms with E-state index in [1.165, 1.54) is 13.2 Å². The van der Waals surface area contributed by atoms with Crippen LogP contribution in [0.5, 0.6) is 5.75 Å². The van der Waals surface area contributed by atoms with Gasteiger partial charge in [0.15, 0.2) is 0 Å². The molecule has 0 unspecified atom stereocenters. The maximum atomic E-state index is 13.6. The third-order valence-corrected chi connectivity index (χ3v) is 2.15. The molecule has 0 aliphatic heterocycles. The quantitative estimate of drug-likeness (QED) is 0.621. The highest BCUT2D eigenvalue weighted by molar-refractivity contribution is 5.94. The Hall–Kier alpha value is -1.82. The van der Waals surface area contributed by atoms with E-state index >= 15 is 0 Å². The highest BCUT2D eigenvalue weighted by Crippen LogP contribution is 2.24. The number of ether oxygens (including phenoxy) is 1. The van der Waals surface area contributed by atoms with E-state index in [1.807, 2.05) is 13.8 Å². The van der Waals surface area contributed by atoms with Gasteiger partial charge in [-0.3, -0.25) is 9.63 Å². The van der Waals surface area contributed by atoms with Gasteiger partial charge in [-0.2, -0.15) is 0 Å². The zero-order chi connectivity index (χ0) is 13.7. The molecule has 1 amide bonds. The fourth-order valence-electron chi connectivity index (χ4n) is 1.25. The van der Waals surface area contributed by atoms with Crippen LogP contribution >= 0.6 is 0 Å². The lowest BCUT2D eigenvalue weighted by atomic mass is 10.1. The molecule has 18 heavy (non-hydrogen) atoms. The van der Waals surface area contributed by atoms with Crippen molar-refractivity contribution in [2.45, 2.75) is 13.8 Å². The molecule has 0 aliphatic carbocycles. The molecule has 1 rings (SSSR count). The maximum Gasteiger partial charge on any atom is 0.277 e. The average Bonchev–Trinajstić information content (AvgIpc) is 2.28. The van der Waals surface area contributed by atoms with Gasteiger partial charge in [0.25, 0.3) is 5.91 Å². The van der Waals surface area contributed by atoms with Gasteiger partial charge >= 0.3 is 0 Å². The summed E-state index contributed by atoms with van der Waals surface area (Å²) >= 11 is 0. The van der Waals surface area contributed by atoms with Crippen LogP contribution in [-0.2, 0) is 4.84 Å². The highest BCUT2D eigenvalue weighted by atomic mass is 19.1. The third kappa shape index (κ3) is 3.59. The molecule has 3 N–H and O–H groups in total. The topological polar surface area (TPSA) is 73.6 Å². The molecule has 0 aromatic heterocycles. The van der Waals surface area contributed by atoms with Gasteiger partial charge in [0.1, 0.15) is 11.6 Å². The normalized spacial score (nSPS) is 10.5. The minimum atomic E-state index is -0.723. The number of hydroxylamine groups is 1. The van der Waals surface area contributed by atoms with Gasteiger partial charge in [0.2, 0.25) is 0 Å². The van der Waals surface area contributed by atoms with E-state index in [-0.39, 0.29) is 22.9 Å². The summed E-state index contributed by atoms with van der Waals surface area (Å²) in [5, 5.41) is 0. The van der Waals surface area contributed by atoms with Gasteiger partial charge in [-0.05, 0) is 12.0 Å². The minimum Gasteiger partial charge on any atom is -0.495 e. The fraction of sp³-hybridized carbons (Fsp3) is 0.417. The standard InChI is InChI=1S/C12H17FN2O3/c1-7(2)6-18-15-12(16)8-4-11(17-3)10(14)5-9(8)13/h4-5,7H,6,14H2,1-3H3,(H,15,16). The Kier molecular flexibility index (Phi) is 4.91. The first kappa shape index (κ1) is 14.2. The fourth-order valence-corrected chi connectivity index (χ4v) is 1.25. The number of carbonyl (C=O) groups excluding carboxylic acids is 1. The molecule has 0 fully saturated rings. The second kappa shape index (κ2) is 6.20. The van der Waals surface area contributed by atoms with Gasteiger partial charge in [-0.25, -0.2) is 9.87 Å². The lowest BCUT2D eigenvalue weighted by Gasteiger charge is -2.10. The second-order valence-corrected chi connectivity index (χ2v) is 4.21. The van der Waals surface area contributed by atoms with Crippen molar-refractivity contribution in [3.63, 3.8) is 0 Å². The molecule has 0 bridgehead atoms. The van der Waals surface area contributed by atoms with Gasteiger partial charge in [0, 0.05) is 6.07 Å². The van der Waals surface area contributed by atoms with Gasteiger partial charge < -0.3 is 10.5 Å². The van der Waals surface area contributed by atoms with Crippen molar-refractivity contribution in [2.75, 3.05) is 19.5 Å². The molecule has 6 heteroatoms. The number of rotatable bonds is 5. The van der Waals surface area contributed by atoms with E-state index in [9.17, 15) is 9.18 Å². The Morgan fingerprint density at radius 3 is 2.72 bits per heavy atom. The number of amides is 1. The van der Waals surface area contributed by atoms with Crippen molar-refractivity contribution in [3.05, 3.63) is 23.5 Å². The van der Waals surface area contributed by atoms with Crippen LogP contribution in [0.15, 0.2) is 12.1 Å². The number of nitrogen functional groups attached to an aromatic ring is 1. The van der Waals surface area contributed by atoms with Crippen molar-refractivity contribution in [1.29, 1.82) is 0 Å². The van der Waals surface area contributed by atoms with Crippen molar-refractivity contribution in [3.8, 4) is 5.75 Å². The van der Waals surface area contributed by atoms with Gasteiger partial charge in [-0.1, -0.05) is 13.8 Å². The van der Waals surface area contributed by atoms with E-state index < -0.39 is 11.7 Å². The number of nitrogens with one attached hydrogen (secondary N) is 1. The number of hydrogen-bond acceptors (Lipinski definition) is 4. The summed E-state index contributed by atoms with van der Waals surface area (Å²) < 4.78 is 18.5. The van der Waals surface area contributed by atoms with Crippen molar-refractivity contribution in [2.24, 2.45) is 5.92 Å². The first-order valence-electron chi connectivity index (χ1n) is 5.50. The third-order valence-electron chi connectivity index (χ3n) is 2.15. The Morgan fingerprint density at radius 1 is 1.50 bits per heavy atom. The number of hydrogen-bond donors (Lipinski definition) is 2. The second-order valence-electron chi connectivity index (χ2n) is 4.21. The maximum absolute atomic E-state index is 13.6. The summed E-state index contributed by atoms with van der Waals surface area (Å²) in [5.74, 6) is -0.896. The Balaban J connectivity index is 2.79. The van der Waals surface area contributed by atoms with Crippen LogP contribution in [0.1, 0.15) is 24.2 Å². The molecule has 1 aromatic rings. The summed E-state index contributed by atoms with van der Waals surface area (Å²) in [6, 6.07) is 2.27. The Bertz CT molecular complexity index is 436. The highest BCUT2D eigenvalue weighted by Gasteiger charge is 2.15. The van der Waals surface area contributed by atoms with Crippen LogP contribution in [0, 0.1) is 11.7 Å². The molecular weight excluding hydrogens is 239 g/mol. The number of halogens is 1. The van der Waals surface area contributed by atoms with Crippen LogP contribution < -0.4 is 16.0 Å². The molecule has 0 aliphatic rings. The lowest BCUT2D eigenvalue weighted by molar-refractivity contribution is 0.0205. The van der Waals surface area contributed by atoms with Gasteiger partial charge in [-0.15, -0.1) is 0 Å². The average molecular weight is 256 g/mol. The first-order chi connectivity index (χ1) is 8.45. The van der Waals surface area contributed by atoms with Crippen LogP contribution in [0.2, 0.25) is 0 Å².